The molecule has 0 fully saturated rings. The maximum atomic E-state index is 10.2. The Morgan fingerprint density at radius 3 is 2.67 bits per heavy atom. The minimum atomic E-state index is -1.04. The van der Waals surface area contributed by atoms with E-state index in [1.54, 1.807) is 6.92 Å². The lowest BCUT2D eigenvalue weighted by atomic mass is 10.3. The van der Waals surface area contributed by atoms with Crippen LogP contribution in [-0.4, -0.2) is 23.8 Å². The minimum Gasteiger partial charge on any atom is -0.489 e. The van der Waals surface area contributed by atoms with Crippen molar-refractivity contribution in [3.63, 3.8) is 0 Å². The Labute approximate surface area is 96.4 Å². The highest BCUT2D eigenvalue weighted by molar-refractivity contribution is 9.10. The number of hydrogen-bond acceptors (Lipinski definition) is 2. The zero-order valence-corrected chi connectivity index (χ0v) is 9.82. The van der Waals surface area contributed by atoms with E-state index in [1.807, 2.05) is 24.3 Å². The number of ether oxygens (including phenoxy) is 1. The molecule has 1 rings (SSSR count). The van der Waals surface area contributed by atoms with Gasteiger partial charge in [0.1, 0.15) is 11.9 Å². The highest BCUT2D eigenvalue weighted by Crippen LogP contribution is 2.16. The second kappa shape index (κ2) is 5.60. The molecule has 1 aromatic carbocycles. The van der Waals surface area contributed by atoms with Crippen LogP contribution < -0.4 is 10.1 Å². The average Bonchev–Trinajstić information content (AvgIpc) is 2.19. The van der Waals surface area contributed by atoms with Crippen molar-refractivity contribution >= 4 is 22.0 Å². The van der Waals surface area contributed by atoms with Crippen molar-refractivity contribution in [2.45, 2.75) is 13.0 Å². The van der Waals surface area contributed by atoms with E-state index >= 15 is 0 Å². The molecule has 4 nitrogen and oxygen atoms in total. The summed E-state index contributed by atoms with van der Waals surface area (Å²) in [7, 11) is 0. The average molecular weight is 274 g/mol. The van der Waals surface area contributed by atoms with Crippen LogP contribution in [0.1, 0.15) is 6.92 Å². The van der Waals surface area contributed by atoms with E-state index in [0.29, 0.717) is 0 Å². The van der Waals surface area contributed by atoms with Crippen molar-refractivity contribution < 1.29 is 14.6 Å². The molecule has 0 aliphatic carbocycles. The molecule has 0 aromatic heterocycles. The molecule has 15 heavy (non-hydrogen) atoms. The van der Waals surface area contributed by atoms with Gasteiger partial charge in [0.15, 0.2) is 0 Å². The summed E-state index contributed by atoms with van der Waals surface area (Å²) in [4.78, 5) is 10.2. The number of nitrogens with one attached hydrogen (secondary N) is 1. The van der Waals surface area contributed by atoms with E-state index < -0.39 is 6.09 Å². The monoisotopic (exact) mass is 273 g/mol. The summed E-state index contributed by atoms with van der Waals surface area (Å²) in [5.74, 6) is 0.720. The Kier molecular flexibility index (Phi) is 4.42. The van der Waals surface area contributed by atoms with Crippen LogP contribution in [0.25, 0.3) is 0 Å². The first-order valence-electron chi connectivity index (χ1n) is 4.47. The van der Waals surface area contributed by atoms with Crippen molar-refractivity contribution in [3.8, 4) is 5.75 Å². The molecule has 0 aliphatic heterocycles. The summed E-state index contributed by atoms with van der Waals surface area (Å²) in [6.45, 7) is 2.07. The molecule has 0 aliphatic rings. The van der Waals surface area contributed by atoms with Crippen LogP contribution in [0.3, 0.4) is 0 Å². The standard InChI is InChI=1S/C10H12BrNO3/c1-7(6-12-10(13)14)15-9-4-2-8(11)3-5-9/h2-5,7,12H,6H2,1H3,(H,13,14)/t7-/m0/s1. The van der Waals surface area contributed by atoms with E-state index in [-0.39, 0.29) is 12.6 Å². The van der Waals surface area contributed by atoms with Crippen LogP contribution >= 0.6 is 15.9 Å². The Balaban J connectivity index is 2.40. The Morgan fingerprint density at radius 2 is 2.13 bits per heavy atom. The predicted molar refractivity (Wildman–Crippen MR) is 60.3 cm³/mol. The smallest absolute Gasteiger partial charge is 0.404 e. The van der Waals surface area contributed by atoms with Crippen molar-refractivity contribution in [2.24, 2.45) is 0 Å². The fourth-order valence-corrected chi connectivity index (χ4v) is 1.28. The highest BCUT2D eigenvalue weighted by atomic mass is 79.9. The molecule has 1 amide bonds. The predicted octanol–water partition coefficient (Wildman–Crippen LogP) is 2.48. The van der Waals surface area contributed by atoms with Crippen LogP contribution in [0, 0.1) is 0 Å². The zero-order valence-electron chi connectivity index (χ0n) is 8.24. The first kappa shape index (κ1) is 11.8. The molecule has 0 bridgehead atoms. The summed E-state index contributed by atoms with van der Waals surface area (Å²) in [5.41, 5.74) is 0. The second-order valence-electron chi connectivity index (χ2n) is 3.07. The quantitative estimate of drug-likeness (QED) is 0.886. The lowest BCUT2D eigenvalue weighted by Crippen LogP contribution is -2.32. The molecule has 0 radical (unpaired) electrons. The summed E-state index contributed by atoms with van der Waals surface area (Å²) >= 11 is 3.32. The van der Waals surface area contributed by atoms with E-state index in [9.17, 15) is 4.79 Å². The van der Waals surface area contributed by atoms with Gasteiger partial charge >= 0.3 is 6.09 Å². The van der Waals surface area contributed by atoms with Gasteiger partial charge in [-0.3, -0.25) is 0 Å². The van der Waals surface area contributed by atoms with Crippen molar-refractivity contribution in [3.05, 3.63) is 28.7 Å². The van der Waals surface area contributed by atoms with Gasteiger partial charge in [-0.15, -0.1) is 0 Å². The fourth-order valence-electron chi connectivity index (χ4n) is 1.02. The third-order valence-electron chi connectivity index (χ3n) is 1.69. The van der Waals surface area contributed by atoms with E-state index in [0.717, 1.165) is 10.2 Å². The van der Waals surface area contributed by atoms with Gasteiger partial charge in [-0.05, 0) is 31.2 Å². The summed E-state index contributed by atoms with van der Waals surface area (Å²) in [6, 6.07) is 7.38. The van der Waals surface area contributed by atoms with Crippen LogP contribution in [0.2, 0.25) is 0 Å². The maximum absolute atomic E-state index is 10.2. The molecule has 0 spiro atoms. The molecule has 1 atom stereocenters. The lowest BCUT2D eigenvalue weighted by molar-refractivity contribution is 0.178. The van der Waals surface area contributed by atoms with E-state index in [2.05, 4.69) is 21.2 Å². The van der Waals surface area contributed by atoms with Crippen molar-refractivity contribution in [2.75, 3.05) is 6.54 Å². The molecule has 82 valence electrons. The SMILES string of the molecule is C[C@@H](CNC(=O)O)Oc1ccc(Br)cc1. The maximum Gasteiger partial charge on any atom is 0.404 e. The van der Waals surface area contributed by atoms with Crippen molar-refractivity contribution in [1.82, 2.24) is 5.32 Å². The molecule has 0 unspecified atom stereocenters. The largest absolute Gasteiger partial charge is 0.489 e. The molecule has 5 heteroatoms. The van der Waals surface area contributed by atoms with Crippen LogP contribution in [-0.2, 0) is 0 Å². The van der Waals surface area contributed by atoms with Gasteiger partial charge in [-0.2, -0.15) is 0 Å². The summed E-state index contributed by atoms with van der Waals surface area (Å²) in [6.07, 6.45) is -1.23. The fraction of sp³-hybridized carbons (Fsp3) is 0.300. The number of hydrogen-bond donors (Lipinski definition) is 2. The van der Waals surface area contributed by atoms with Crippen LogP contribution in [0.4, 0.5) is 4.79 Å². The number of halogens is 1. The number of benzene rings is 1. The lowest BCUT2D eigenvalue weighted by Gasteiger charge is -2.14. The van der Waals surface area contributed by atoms with E-state index in [1.165, 1.54) is 0 Å². The van der Waals surface area contributed by atoms with Gasteiger partial charge in [0, 0.05) is 4.47 Å². The Hall–Kier alpha value is -1.23. The minimum absolute atomic E-state index is 0.192. The van der Waals surface area contributed by atoms with Gasteiger partial charge in [-0.1, -0.05) is 15.9 Å². The van der Waals surface area contributed by atoms with Gasteiger partial charge in [0.25, 0.3) is 0 Å². The summed E-state index contributed by atoms with van der Waals surface area (Å²) < 4.78 is 6.45. The number of rotatable bonds is 4. The molecule has 0 heterocycles. The molecular formula is C10H12BrNO3. The Morgan fingerprint density at radius 1 is 1.53 bits per heavy atom. The molecule has 1 aromatic rings. The normalized spacial score (nSPS) is 11.9. The zero-order chi connectivity index (χ0) is 11.3. The van der Waals surface area contributed by atoms with E-state index in [4.69, 9.17) is 9.84 Å². The third-order valence-corrected chi connectivity index (χ3v) is 2.22. The molecule has 2 N–H and O–H groups in total. The first-order valence-corrected chi connectivity index (χ1v) is 5.26. The second-order valence-corrected chi connectivity index (χ2v) is 3.98. The third kappa shape index (κ3) is 4.69. The molecular weight excluding hydrogens is 262 g/mol. The van der Waals surface area contributed by atoms with Crippen LogP contribution in [0.15, 0.2) is 28.7 Å². The number of carboxylic acid groups (broad SMARTS) is 1. The summed E-state index contributed by atoms with van der Waals surface area (Å²) in [5, 5.41) is 10.7. The van der Waals surface area contributed by atoms with Gasteiger partial charge in [-0.25, -0.2) is 4.79 Å². The molecule has 0 saturated heterocycles. The Bertz CT molecular complexity index is 326. The number of carbonyl (C=O) groups is 1. The van der Waals surface area contributed by atoms with Crippen molar-refractivity contribution in [1.29, 1.82) is 0 Å². The molecule has 0 saturated carbocycles. The first-order chi connectivity index (χ1) is 7.08. The highest BCUT2D eigenvalue weighted by Gasteiger charge is 2.05. The van der Waals surface area contributed by atoms with Gasteiger partial charge in [0.05, 0.1) is 6.54 Å². The topological polar surface area (TPSA) is 58.6 Å². The van der Waals surface area contributed by atoms with Gasteiger partial charge < -0.3 is 15.2 Å². The van der Waals surface area contributed by atoms with Gasteiger partial charge in [0.2, 0.25) is 0 Å². The van der Waals surface area contributed by atoms with Crippen LogP contribution in [0.5, 0.6) is 5.75 Å². The number of amides is 1.